The molecule has 0 saturated carbocycles. The highest BCUT2D eigenvalue weighted by Crippen LogP contribution is 2.31. The third kappa shape index (κ3) is 4.24. The molecule has 1 aromatic carbocycles. The first-order valence-corrected chi connectivity index (χ1v) is 8.22. The molecule has 1 aliphatic rings. The highest BCUT2D eigenvalue weighted by atomic mass is 16.5. The molecule has 1 N–H and O–H groups in total. The normalized spacial score (nSPS) is 18.6. The van der Waals surface area contributed by atoms with Gasteiger partial charge in [-0.15, -0.1) is 0 Å². The Labute approximate surface area is 123 Å². The van der Waals surface area contributed by atoms with Crippen molar-refractivity contribution >= 4 is 0 Å². The Morgan fingerprint density at radius 1 is 1.30 bits per heavy atom. The van der Waals surface area contributed by atoms with Gasteiger partial charge in [-0.05, 0) is 50.8 Å². The van der Waals surface area contributed by atoms with Crippen molar-refractivity contribution in [2.75, 3.05) is 6.54 Å². The van der Waals surface area contributed by atoms with Crippen molar-refractivity contribution in [3.8, 4) is 5.75 Å². The predicted molar refractivity (Wildman–Crippen MR) is 85.5 cm³/mol. The van der Waals surface area contributed by atoms with E-state index in [9.17, 15) is 0 Å². The number of hydrogen-bond donors (Lipinski definition) is 1. The maximum atomic E-state index is 6.04. The Balaban J connectivity index is 1.74. The smallest absolute Gasteiger partial charge is 0.123 e. The Morgan fingerprint density at radius 2 is 2.15 bits per heavy atom. The van der Waals surface area contributed by atoms with Crippen molar-refractivity contribution in [3.05, 3.63) is 29.3 Å². The fourth-order valence-electron chi connectivity index (χ4n) is 3.19. The van der Waals surface area contributed by atoms with E-state index in [1.165, 1.54) is 43.2 Å². The number of fused-ring (bicyclic) bond motifs is 1. The molecule has 2 unspecified atom stereocenters. The van der Waals surface area contributed by atoms with Crippen LogP contribution in [-0.2, 0) is 6.42 Å². The van der Waals surface area contributed by atoms with Gasteiger partial charge < -0.3 is 10.1 Å². The first-order chi connectivity index (χ1) is 9.72. The van der Waals surface area contributed by atoms with E-state index in [0.717, 1.165) is 18.7 Å². The van der Waals surface area contributed by atoms with Gasteiger partial charge >= 0.3 is 0 Å². The summed E-state index contributed by atoms with van der Waals surface area (Å²) >= 11 is 0. The Bertz CT molecular complexity index is 410. The molecule has 0 amide bonds. The fraction of sp³-hybridized carbons (Fsp3) is 0.667. The lowest BCUT2D eigenvalue weighted by atomic mass is 10.0. The summed E-state index contributed by atoms with van der Waals surface area (Å²) in [5.74, 6) is 1.11. The molecule has 2 nitrogen and oxygen atoms in total. The zero-order valence-corrected chi connectivity index (χ0v) is 13.2. The summed E-state index contributed by atoms with van der Waals surface area (Å²) in [7, 11) is 0. The monoisotopic (exact) mass is 275 g/mol. The van der Waals surface area contributed by atoms with Crippen molar-refractivity contribution in [3.63, 3.8) is 0 Å². The van der Waals surface area contributed by atoms with Gasteiger partial charge in [-0.1, -0.05) is 38.0 Å². The molecule has 20 heavy (non-hydrogen) atoms. The Kier molecular flexibility index (Phi) is 5.90. The van der Waals surface area contributed by atoms with E-state index < -0.39 is 0 Å². The molecule has 0 fully saturated rings. The highest BCUT2D eigenvalue weighted by molar-refractivity contribution is 5.40. The zero-order chi connectivity index (χ0) is 14.4. The molecule has 0 aromatic heterocycles. The molecule has 0 radical (unpaired) electrons. The van der Waals surface area contributed by atoms with Crippen LogP contribution in [0.3, 0.4) is 0 Å². The summed E-state index contributed by atoms with van der Waals surface area (Å²) in [5, 5.41) is 3.59. The minimum absolute atomic E-state index is 0.399. The molecule has 112 valence electrons. The van der Waals surface area contributed by atoms with Crippen molar-refractivity contribution in [1.82, 2.24) is 5.32 Å². The first kappa shape index (κ1) is 15.4. The standard InChI is InChI=1S/C18H29NO/c1-4-7-16(19-5-2)8-6-9-17-13-15-12-14(3)10-11-18(15)20-17/h10-12,16-17,19H,4-9,13H2,1-3H3. The second-order valence-electron chi connectivity index (χ2n) is 6.03. The molecule has 2 heteroatoms. The molecule has 2 atom stereocenters. The van der Waals surface area contributed by atoms with E-state index >= 15 is 0 Å². The van der Waals surface area contributed by atoms with Crippen LogP contribution in [0.5, 0.6) is 5.75 Å². The molecule has 1 aliphatic heterocycles. The number of ether oxygens (including phenoxy) is 1. The highest BCUT2D eigenvalue weighted by Gasteiger charge is 2.22. The summed E-state index contributed by atoms with van der Waals surface area (Å²) < 4.78 is 6.04. The quantitative estimate of drug-likeness (QED) is 0.766. The number of rotatable bonds is 8. The van der Waals surface area contributed by atoms with Crippen LogP contribution in [-0.4, -0.2) is 18.7 Å². The molecule has 0 saturated heterocycles. The lowest BCUT2D eigenvalue weighted by Gasteiger charge is -2.18. The molecular weight excluding hydrogens is 246 g/mol. The van der Waals surface area contributed by atoms with Gasteiger partial charge in [-0.3, -0.25) is 0 Å². The molecule has 0 aliphatic carbocycles. The van der Waals surface area contributed by atoms with Crippen molar-refractivity contribution < 1.29 is 4.74 Å². The van der Waals surface area contributed by atoms with Crippen LogP contribution < -0.4 is 10.1 Å². The molecule has 0 bridgehead atoms. The van der Waals surface area contributed by atoms with Gasteiger partial charge in [0.1, 0.15) is 11.9 Å². The lowest BCUT2D eigenvalue weighted by molar-refractivity contribution is 0.214. The first-order valence-electron chi connectivity index (χ1n) is 8.22. The van der Waals surface area contributed by atoms with Gasteiger partial charge in [0.2, 0.25) is 0 Å². The van der Waals surface area contributed by atoms with Crippen LogP contribution >= 0.6 is 0 Å². The topological polar surface area (TPSA) is 21.3 Å². The summed E-state index contributed by atoms with van der Waals surface area (Å²) in [5.41, 5.74) is 2.73. The van der Waals surface area contributed by atoms with Crippen molar-refractivity contribution in [1.29, 1.82) is 0 Å². The third-order valence-electron chi connectivity index (χ3n) is 4.17. The average molecular weight is 275 g/mol. The van der Waals surface area contributed by atoms with Crippen LogP contribution in [0.25, 0.3) is 0 Å². The number of hydrogen-bond acceptors (Lipinski definition) is 2. The Morgan fingerprint density at radius 3 is 2.90 bits per heavy atom. The van der Waals surface area contributed by atoms with Gasteiger partial charge in [-0.25, -0.2) is 0 Å². The minimum Gasteiger partial charge on any atom is -0.490 e. The van der Waals surface area contributed by atoms with E-state index in [0.29, 0.717) is 12.1 Å². The van der Waals surface area contributed by atoms with Crippen LogP contribution in [0.1, 0.15) is 57.1 Å². The summed E-state index contributed by atoms with van der Waals surface area (Å²) in [6.45, 7) is 7.69. The average Bonchev–Trinajstić information content (AvgIpc) is 2.81. The van der Waals surface area contributed by atoms with Gasteiger partial charge in [0.15, 0.2) is 0 Å². The Hall–Kier alpha value is -1.02. The number of aryl methyl sites for hydroxylation is 1. The summed E-state index contributed by atoms with van der Waals surface area (Å²) in [6, 6.07) is 7.23. The van der Waals surface area contributed by atoms with Gasteiger partial charge in [-0.2, -0.15) is 0 Å². The molecule has 0 spiro atoms. The van der Waals surface area contributed by atoms with Crippen LogP contribution in [0.2, 0.25) is 0 Å². The van der Waals surface area contributed by atoms with Crippen molar-refractivity contribution in [2.45, 2.75) is 71.4 Å². The maximum absolute atomic E-state index is 6.04. The van der Waals surface area contributed by atoms with Crippen LogP contribution in [0, 0.1) is 6.92 Å². The second kappa shape index (κ2) is 7.68. The van der Waals surface area contributed by atoms with Crippen LogP contribution in [0.4, 0.5) is 0 Å². The predicted octanol–water partition coefficient (Wildman–Crippen LogP) is 4.25. The summed E-state index contributed by atoms with van der Waals surface area (Å²) in [6.07, 6.45) is 7.76. The second-order valence-corrected chi connectivity index (χ2v) is 6.03. The molecule has 1 aromatic rings. The SMILES string of the molecule is CCCC(CCCC1Cc2cc(C)ccc2O1)NCC. The van der Waals surface area contributed by atoms with Gasteiger partial charge in [0.05, 0.1) is 0 Å². The van der Waals surface area contributed by atoms with E-state index in [1.54, 1.807) is 0 Å². The van der Waals surface area contributed by atoms with E-state index in [1.807, 2.05) is 0 Å². The largest absolute Gasteiger partial charge is 0.490 e. The maximum Gasteiger partial charge on any atom is 0.123 e. The molecule has 2 rings (SSSR count). The third-order valence-corrected chi connectivity index (χ3v) is 4.17. The summed E-state index contributed by atoms with van der Waals surface area (Å²) in [4.78, 5) is 0. The molecule has 1 heterocycles. The fourth-order valence-corrected chi connectivity index (χ4v) is 3.19. The number of benzene rings is 1. The van der Waals surface area contributed by atoms with E-state index in [4.69, 9.17) is 4.74 Å². The molecular formula is C18H29NO. The van der Waals surface area contributed by atoms with Crippen molar-refractivity contribution in [2.24, 2.45) is 0 Å². The number of nitrogens with one attached hydrogen (secondary N) is 1. The van der Waals surface area contributed by atoms with Gasteiger partial charge in [0.25, 0.3) is 0 Å². The van der Waals surface area contributed by atoms with E-state index in [-0.39, 0.29) is 0 Å². The van der Waals surface area contributed by atoms with Gasteiger partial charge in [0, 0.05) is 12.5 Å². The minimum atomic E-state index is 0.399. The van der Waals surface area contributed by atoms with E-state index in [2.05, 4.69) is 44.3 Å². The van der Waals surface area contributed by atoms with Crippen LogP contribution in [0.15, 0.2) is 18.2 Å². The lowest BCUT2D eigenvalue weighted by Crippen LogP contribution is -2.29. The zero-order valence-electron chi connectivity index (χ0n) is 13.2.